The summed E-state index contributed by atoms with van der Waals surface area (Å²) in [6, 6.07) is 6.86. The summed E-state index contributed by atoms with van der Waals surface area (Å²) in [5.74, 6) is 0.817. The van der Waals surface area contributed by atoms with Crippen molar-refractivity contribution in [3.63, 3.8) is 0 Å². The molecule has 2 atom stereocenters. The summed E-state index contributed by atoms with van der Waals surface area (Å²) in [4.78, 5) is 0. The van der Waals surface area contributed by atoms with Crippen LogP contribution in [-0.4, -0.2) is 6.04 Å². The van der Waals surface area contributed by atoms with Gasteiger partial charge in [0.25, 0.3) is 0 Å². The summed E-state index contributed by atoms with van der Waals surface area (Å²) in [5.41, 5.74) is 2.31. The van der Waals surface area contributed by atoms with Crippen molar-refractivity contribution in [1.29, 1.82) is 0 Å². The topological polar surface area (TPSA) is 12.0 Å². The normalized spacial score (nSPS) is 24.7. The molecule has 0 amide bonds. The van der Waals surface area contributed by atoms with Crippen LogP contribution in [-0.2, 0) is 0 Å². The maximum atomic E-state index is 6.24. The molecule has 1 N–H and O–H groups in total. The number of nitrogens with one attached hydrogen (secondary N) is 1. The van der Waals surface area contributed by atoms with Crippen molar-refractivity contribution in [2.45, 2.75) is 45.6 Å². The van der Waals surface area contributed by atoms with E-state index in [1.807, 2.05) is 6.07 Å². The Hall–Kier alpha value is -0.690. The van der Waals surface area contributed by atoms with E-state index in [2.05, 4.69) is 31.3 Å². The van der Waals surface area contributed by atoms with Gasteiger partial charge < -0.3 is 5.32 Å². The second-order valence-electron chi connectivity index (χ2n) is 4.83. The minimum atomic E-state index is 0.616. The average molecular weight is 238 g/mol. The standard InChI is InChI=1S/C14H20ClN/c1-3-11-5-4-6-13(11)16-14-8-7-10(2)9-12(14)15/h7-9,11,13,16H,3-6H2,1-2H3. The first-order valence-electron chi connectivity index (χ1n) is 6.23. The minimum Gasteiger partial charge on any atom is -0.381 e. The van der Waals surface area contributed by atoms with E-state index in [9.17, 15) is 0 Å². The van der Waals surface area contributed by atoms with Crippen LogP contribution in [0.2, 0.25) is 5.02 Å². The molecule has 0 spiro atoms. The van der Waals surface area contributed by atoms with Gasteiger partial charge in [-0.05, 0) is 43.4 Å². The van der Waals surface area contributed by atoms with E-state index >= 15 is 0 Å². The molecular formula is C14H20ClN. The lowest BCUT2D eigenvalue weighted by molar-refractivity contribution is 0.489. The first-order valence-corrected chi connectivity index (χ1v) is 6.61. The van der Waals surface area contributed by atoms with Gasteiger partial charge in [-0.15, -0.1) is 0 Å². The van der Waals surface area contributed by atoms with Crippen molar-refractivity contribution in [2.75, 3.05) is 5.32 Å². The van der Waals surface area contributed by atoms with Gasteiger partial charge in [-0.25, -0.2) is 0 Å². The maximum absolute atomic E-state index is 6.24. The number of benzene rings is 1. The Morgan fingerprint density at radius 3 is 2.88 bits per heavy atom. The number of halogens is 1. The summed E-state index contributed by atoms with van der Waals surface area (Å²) in [6.45, 7) is 4.35. The minimum absolute atomic E-state index is 0.616. The highest BCUT2D eigenvalue weighted by Crippen LogP contribution is 2.32. The molecule has 1 aromatic rings. The first kappa shape index (κ1) is 11.8. The highest BCUT2D eigenvalue weighted by molar-refractivity contribution is 6.33. The van der Waals surface area contributed by atoms with Gasteiger partial charge in [0, 0.05) is 6.04 Å². The lowest BCUT2D eigenvalue weighted by Gasteiger charge is -2.21. The van der Waals surface area contributed by atoms with Gasteiger partial charge in [0.2, 0.25) is 0 Å². The molecule has 2 unspecified atom stereocenters. The van der Waals surface area contributed by atoms with Crippen LogP contribution in [0, 0.1) is 12.8 Å². The molecule has 1 aliphatic carbocycles. The van der Waals surface area contributed by atoms with E-state index in [1.54, 1.807) is 0 Å². The quantitative estimate of drug-likeness (QED) is 0.808. The molecule has 2 rings (SSSR count). The molecule has 1 fully saturated rings. The van der Waals surface area contributed by atoms with Crippen LogP contribution in [0.25, 0.3) is 0 Å². The van der Waals surface area contributed by atoms with Crippen LogP contribution < -0.4 is 5.32 Å². The number of aryl methyl sites for hydroxylation is 1. The van der Waals surface area contributed by atoms with Crippen LogP contribution in [0.4, 0.5) is 5.69 Å². The second-order valence-corrected chi connectivity index (χ2v) is 5.24. The third-order valence-electron chi connectivity index (χ3n) is 3.65. The molecule has 2 heteroatoms. The Morgan fingerprint density at radius 1 is 1.38 bits per heavy atom. The Balaban J connectivity index is 2.08. The van der Waals surface area contributed by atoms with Crippen molar-refractivity contribution in [3.05, 3.63) is 28.8 Å². The molecule has 1 saturated carbocycles. The molecule has 16 heavy (non-hydrogen) atoms. The zero-order chi connectivity index (χ0) is 11.5. The third kappa shape index (κ3) is 2.52. The van der Waals surface area contributed by atoms with Crippen molar-refractivity contribution in [2.24, 2.45) is 5.92 Å². The van der Waals surface area contributed by atoms with Gasteiger partial charge in [-0.3, -0.25) is 0 Å². The van der Waals surface area contributed by atoms with E-state index in [1.165, 1.54) is 31.2 Å². The van der Waals surface area contributed by atoms with Crippen LogP contribution in [0.1, 0.15) is 38.2 Å². The Bertz CT molecular complexity index is 362. The van der Waals surface area contributed by atoms with Gasteiger partial charge in [-0.2, -0.15) is 0 Å². The number of anilines is 1. The van der Waals surface area contributed by atoms with E-state index in [0.29, 0.717) is 6.04 Å². The third-order valence-corrected chi connectivity index (χ3v) is 3.96. The highest BCUT2D eigenvalue weighted by atomic mass is 35.5. The SMILES string of the molecule is CCC1CCCC1Nc1ccc(C)cc1Cl. The molecule has 1 aromatic carbocycles. The Labute approximate surface area is 103 Å². The van der Waals surface area contributed by atoms with E-state index in [4.69, 9.17) is 11.6 Å². The fraction of sp³-hybridized carbons (Fsp3) is 0.571. The molecule has 0 bridgehead atoms. The first-order chi connectivity index (χ1) is 7.70. The smallest absolute Gasteiger partial charge is 0.0640 e. The van der Waals surface area contributed by atoms with Gasteiger partial charge in [0.05, 0.1) is 10.7 Å². The van der Waals surface area contributed by atoms with E-state index in [0.717, 1.165) is 16.6 Å². The lowest BCUT2D eigenvalue weighted by Crippen LogP contribution is -2.23. The summed E-state index contributed by atoms with van der Waals surface area (Å²) < 4.78 is 0. The monoisotopic (exact) mass is 237 g/mol. The fourth-order valence-electron chi connectivity index (χ4n) is 2.65. The zero-order valence-electron chi connectivity index (χ0n) is 10.1. The van der Waals surface area contributed by atoms with Crippen molar-refractivity contribution < 1.29 is 0 Å². The molecule has 0 radical (unpaired) electrons. The molecule has 0 heterocycles. The number of hydrogen-bond donors (Lipinski definition) is 1. The molecule has 0 aromatic heterocycles. The summed E-state index contributed by atoms with van der Waals surface area (Å²) in [5, 5.41) is 4.45. The van der Waals surface area contributed by atoms with Crippen LogP contribution in [0.5, 0.6) is 0 Å². The zero-order valence-corrected chi connectivity index (χ0v) is 10.8. The highest BCUT2D eigenvalue weighted by Gasteiger charge is 2.25. The second kappa shape index (κ2) is 5.09. The molecule has 0 saturated heterocycles. The molecule has 0 aliphatic heterocycles. The molecular weight excluding hydrogens is 218 g/mol. The Kier molecular flexibility index (Phi) is 3.75. The van der Waals surface area contributed by atoms with E-state index < -0.39 is 0 Å². The predicted octanol–water partition coefficient (Wildman–Crippen LogP) is 4.64. The predicted molar refractivity (Wildman–Crippen MR) is 71.2 cm³/mol. The van der Waals surface area contributed by atoms with Crippen molar-refractivity contribution in [1.82, 2.24) is 0 Å². The van der Waals surface area contributed by atoms with Gasteiger partial charge in [0.15, 0.2) is 0 Å². The lowest BCUT2D eigenvalue weighted by atomic mass is 10.0. The van der Waals surface area contributed by atoms with Crippen LogP contribution >= 0.6 is 11.6 Å². The van der Waals surface area contributed by atoms with Crippen LogP contribution in [0.3, 0.4) is 0 Å². The fourth-order valence-corrected chi connectivity index (χ4v) is 2.94. The maximum Gasteiger partial charge on any atom is 0.0640 e. The average Bonchev–Trinajstić information content (AvgIpc) is 2.69. The van der Waals surface area contributed by atoms with Crippen molar-refractivity contribution in [3.8, 4) is 0 Å². The summed E-state index contributed by atoms with van der Waals surface area (Å²) >= 11 is 6.24. The summed E-state index contributed by atoms with van der Waals surface area (Å²) in [6.07, 6.45) is 5.25. The van der Waals surface area contributed by atoms with Crippen molar-refractivity contribution >= 4 is 17.3 Å². The Morgan fingerprint density at radius 2 is 2.19 bits per heavy atom. The molecule has 1 nitrogen and oxygen atoms in total. The van der Waals surface area contributed by atoms with Gasteiger partial charge >= 0.3 is 0 Å². The largest absolute Gasteiger partial charge is 0.381 e. The van der Waals surface area contributed by atoms with E-state index in [-0.39, 0.29) is 0 Å². The molecule has 1 aliphatic rings. The molecule has 88 valence electrons. The van der Waals surface area contributed by atoms with Crippen LogP contribution in [0.15, 0.2) is 18.2 Å². The summed E-state index contributed by atoms with van der Waals surface area (Å²) in [7, 11) is 0. The van der Waals surface area contributed by atoms with Gasteiger partial charge in [-0.1, -0.05) is 37.4 Å². The number of rotatable bonds is 3. The number of hydrogen-bond acceptors (Lipinski definition) is 1. The van der Waals surface area contributed by atoms with Gasteiger partial charge in [0.1, 0.15) is 0 Å².